The highest BCUT2D eigenvalue weighted by molar-refractivity contribution is 7.92. The Hall–Kier alpha value is -3.52. The van der Waals surface area contributed by atoms with Crippen molar-refractivity contribution in [3.63, 3.8) is 0 Å². The van der Waals surface area contributed by atoms with Gasteiger partial charge in [-0.25, -0.2) is 8.42 Å². The normalized spacial score (nSPS) is 12.0. The fraction of sp³-hybridized carbons (Fsp3) is 0.240. The van der Waals surface area contributed by atoms with E-state index in [1.54, 1.807) is 36.4 Å². The first-order valence-corrected chi connectivity index (χ1v) is 12.0. The Bertz CT molecular complexity index is 1220. The van der Waals surface area contributed by atoms with E-state index in [9.17, 15) is 13.2 Å². The Labute approximate surface area is 194 Å². The van der Waals surface area contributed by atoms with Gasteiger partial charge in [-0.1, -0.05) is 36.8 Å². The van der Waals surface area contributed by atoms with Gasteiger partial charge in [-0.15, -0.1) is 0 Å². The second-order valence-corrected chi connectivity index (χ2v) is 9.29. The number of nitrogens with one attached hydrogen (secondary N) is 2. The number of anilines is 2. The van der Waals surface area contributed by atoms with Gasteiger partial charge >= 0.3 is 0 Å². The fourth-order valence-corrected chi connectivity index (χ4v) is 4.39. The van der Waals surface area contributed by atoms with Crippen molar-refractivity contribution >= 4 is 27.3 Å². The predicted molar refractivity (Wildman–Crippen MR) is 129 cm³/mol. The van der Waals surface area contributed by atoms with Crippen molar-refractivity contribution in [2.24, 2.45) is 0 Å². The number of para-hydroxylation sites is 2. The van der Waals surface area contributed by atoms with Crippen LogP contribution in [0, 0.1) is 13.8 Å². The molecular formula is C25H28N2O5S. The summed E-state index contributed by atoms with van der Waals surface area (Å²) in [4.78, 5) is 12.8. The second-order valence-electron chi connectivity index (χ2n) is 7.60. The maximum atomic E-state index is 12.8. The molecule has 0 saturated heterocycles. The van der Waals surface area contributed by atoms with Gasteiger partial charge in [0.15, 0.2) is 17.6 Å². The maximum absolute atomic E-state index is 12.8. The molecule has 0 saturated carbocycles. The van der Waals surface area contributed by atoms with E-state index in [1.807, 2.05) is 39.0 Å². The molecule has 2 N–H and O–H groups in total. The van der Waals surface area contributed by atoms with Gasteiger partial charge in [0.2, 0.25) is 0 Å². The molecule has 1 amide bonds. The molecule has 3 rings (SSSR count). The van der Waals surface area contributed by atoms with Crippen LogP contribution >= 0.6 is 0 Å². The molecule has 0 aliphatic carbocycles. The highest BCUT2D eigenvalue weighted by Crippen LogP contribution is 2.28. The standard InChI is InChI=1S/C25H28N2O5S/c1-5-22(32-24-9-7-6-8-23(24)31-4)25(28)26-19-11-13-20(14-12-19)33(29,30)27-21-15-10-17(2)16-18(21)3/h6-16,22,27H,5H2,1-4H3,(H,26,28)/t22-/m1/s1. The quantitative estimate of drug-likeness (QED) is 0.465. The summed E-state index contributed by atoms with van der Waals surface area (Å²) in [7, 11) is -2.23. The van der Waals surface area contributed by atoms with Gasteiger partial charge in [0.1, 0.15) is 0 Å². The Morgan fingerprint density at radius 3 is 2.24 bits per heavy atom. The van der Waals surface area contributed by atoms with Crippen molar-refractivity contribution in [2.45, 2.75) is 38.2 Å². The molecule has 1 atom stereocenters. The van der Waals surface area contributed by atoms with E-state index in [-0.39, 0.29) is 10.8 Å². The topological polar surface area (TPSA) is 93.7 Å². The number of ether oxygens (including phenoxy) is 2. The molecule has 0 aliphatic heterocycles. The molecule has 8 heteroatoms. The van der Waals surface area contributed by atoms with Crippen LogP contribution in [-0.4, -0.2) is 27.5 Å². The van der Waals surface area contributed by atoms with Crippen LogP contribution < -0.4 is 19.5 Å². The molecule has 0 aliphatic rings. The number of carbonyl (C=O) groups excluding carboxylic acids is 1. The molecule has 3 aromatic carbocycles. The van der Waals surface area contributed by atoms with Crippen molar-refractivity contribution < 1.29 is 22.7 Å². The number of hydrogen-bond donors (Lipinski definition) is 2. The van der Waals surface area contributed by atoms with E-state index >= 15 is 0 Å². The van der Waals surface area contributed by atoms with E-state index in [1.165, 1.54) is 19.2 Å². The lowest BCUT2D eigenvalue weighted by Crippen LogP contribution is -2.32. The van der Waals surface area contributed by atoms with Crippen LogP contribution in [0.1, 0.15) is 24.5 Å². The summed E-state index contributed by atoms with van der Waals surface area (Å²) < 4.78 is 39.2. The van der Waals surface area contributed by atoms with Crippen LogP contribution in [0.3, 0.4) is 0 Å². The van der Waals surface area contributed by atoms with Gasteiger partial charge < -0.3 is 14.8 Å². The van der Waals surface area contributed by atoms with Crippen LogP contribution in [0.15, 0.2) is 71.6 Å². The van der Waals surface area contributed by atoms with E-state index in [0.29, 0.717) is 29.3 Å². The molecule has 33 heavy (non-hydrogen) atoms. The van der Waals surface area contributed by atoms with Gasteiger partial charge in [-0.3, -0.25) is 9.52 Å². The number of rotatable bonds is 9. The summed E-state index contributed by atoms with van der Waals surface area (Å²) in [6, 6.07) is 18.6. The molecule has 0 fully saturated rings. The van der Waals surface area contributed by atoms with Crippen molar-refractivity contribution in [2.75, 3.05) is 17.1 Å². The molecule has 0 bridgehead atoms. The number of benzene rings is 3. The summed E-state index contributed by atoms with van der Waals surface area (Å²) >= 11 is 0. The molecule has 0 spiro atoms. The van der Waals surface area contributed by atoms with Gasteiger partial charge in [0.05, 0.1) is 17.7 Å². The second kappa shape index (κ2) is 10.4. The lowest BCUT2D eigenvalue weighted by Gasteiger charge is -2.19. The van der Waals surface area contributed by atoms with Crippen LogP contribution in [0.5, 0.6) is 11.5 Å². The summed E-state index contributed by atoms with van der Waals surface area (Å²) in [5.74, 6) is 0.669. The lowest BCUT2D eigenvalue weighted by molar-refractivity contribution is -0.122. The highest BCUT2D eigenvalue weighted by atomic mass is 32.2. The van der Waals surface area contributed by atoms with Gasteiger partial charge in [0, 0.05) is 5.69 Å². The molecular weight excluding hydrogens is 440 g/mol. The Kier molecular flexibility index (Phi) is 7.60. The predicted octanol–water partition coefficient (Wildman–Crippen LogP) is 4.91. The summed E-state index contributed by atoms with van der Waals surface area (Å²) in [5.41, 5.74) is 2.88. The number of methoxy groups -OCH3 is 1. The van der Waals surface area contributed by atoms with E-state index in [2.05, 4.69) is 10.0 Å². The first kappa shape index (κ1) is 24.1. The van der Waals surface area contributed by atoms with Crippen LogP contribution in [-0.2, 0) is 14.8 Å². The largest absolute Gasteiger partial charge is 0.493 e. The van der Waals surface area contributed by atoms with Crippen molar-refractivity contribution in [1.29, 1.82) is 0 Å². The minimum atomic E-state index is -3.76. The third kappa shape index (κ3) is 6.04. The number of aryl methyl sites for hydroxylation is 2. The Morgan fingerprint density at radius 1 is 0.970 bits per heavy atom. The number of hydrogen-bond acceptors (Lipinski definition) is 5. The number of amides is 1. The molecule has 0 radical (unpaired) electrons. The minimum absolute atomic E-state index is 0.0952. The van der Waals surface area contributed by atoms with Crippen LogP contribution in [0.25, 0.3) is 0 Å². The van der Waals surface area contributed by atoms with Crippen molar-refractivity contribution in [1.82, 2.24) is 0 Å². The monoisotopic (exact) mass is 468 g/mol. The number of carbonyl (C=O) groups is 1. The summed E-state index contributed by atoms with van der Waals surface area (Å²) in [6.45, 7) is 5.64. The fourth-order valence-electron chi connectivity index (χ4n) is 3.26. The molecule has 0 unspecified atom stereocenters. The van der Waals surface area contributed by atoms with Gasteiger partial charge in [-0.05, 0) is 68.3 Å². The average Bonchev–Trinajstić information content (AvgIpc) is 2.79. The Morgan fingerprint density at radius 2 is 1.64 bits per heavy atom. The zero-order chi connectivity index (χ0) is 24.0. The van der Waals surface area contributed by atoms with Crippen LogP contribution in [0.4, 0.5) is 11.4 Å². The van der Waals surface area contributed by atoms with Gasteiger partial charge in [-0.2, -0.15) is 0 Å². The van der Waals surface area contributed by atoms with Crippen LogP contribution in [0.2, 0.25) is 0 Å². The average molecular weight is 469 g/mol. The minimum Gasteiger partial charge on any atom is -0.493 e. The number of sulfonamides is 1. The lowest BCUT2D eigenvalue weighted by atomic mass is 10.1. The summed E-state index contributed by atoms with van der Waals surface area (Å²) in [6.07, 6.45) is -0.299. The highest BCUT2D eigenvalue weighted by Gasteiger charge is 2.21. The molecule has 3 aromatic rings. The summed E-state index contributed by atoms with van der Waals surface area (Å²) in [5, 5.41) is 2.77. The molecule has 7 nitrogen and oxygen atoms in total. The first-order chi connectivity index (χ1) is 15.7. The maximum Gasteiger partial charge on any atom is 0.265 e. The SMILES string of the molecule is CC[C@@H](Oc1ccccc1OC)C(=O)Nc1ccc(S(=O)(=O)Nc2ccc(C)cc2C)cc1. The molecule has 0 heterocycles. The van der Waals surface area contributed by atoms with Crippen molar-refractivity contribution in [3.8, 4) is 11.5 Å². The van der Waals surface area contributed by atoms with Crippen molar-refractivity contribution in [3.05, 3.63) is 77.9 Å². The molecule has 0 aromatic heterocycles. The third-order valence-corrected chi connectivity index (χ3v) is 6.44. The smallest absolute Gasteiger partial charge is 0.265 e. The van der Waals surface area contributed by atoms with E-state index < -0.39 is 16.1 Å². The van der Waals surface area contributed by atoms with E-state index in [4.69, 9.17) is 9.47 Å². The van der Waals surface area contributed by atoms with E-state index in [0.717, 1.165) is 11.1 Å². The Balaban J connectivity index is 1.69. The first-order valence-electron chi connectivity index (χ1n) is 10.5. The third-order valence-electron chi connectivity index (χ3n) is 5.06. The van der Waals surface area contributed by atoms with Gasteiger partial charge in [0.25, 0.3) is 15.9 Å². The molecule has 174 valence electrons. The zero-order valence-electron chi connectivity index (χ0n) is 19.1. The zero-order valence-corrected chi connectivity index (χ0v) is 19.9.